The second-order valence-electron chi connectivity index (χ2n) is 5.92. The summed E-state index contributed by atoms with van der Waals surface area (Å²) in [6, 6.07) is 7.06. The number of halogens is 2. The Morgan fingerprint density at radius 3 is 2.83 bits per heavy atom. The van der Waals surface area contributed by atoms with Gasteiger partial charge in [-0.15, -0.1) is 0 Å². The molecule has 3 aromatic rings. The van der Waals surface area contributed by atoms with Gasteiger partial charge in [-0.3, -0.25) is 9.78 Å². The molecular formula is C18H17ClFN3O. The van der Waals surface area contributed by atoms with E-state index in [1.165, 1.54) is 4.90 Å². The monoisotopic (exact) mass is 345 g/mol. The summed E-state index contributed by atoms with van der Waals surface area (Å²) in [6.45, 7) is 1.87. The number of likely N-dealkylation sites (N-methyl/N-ethyl adjacent to an activating group) is 1. The van der Waals surface area contributed by atoms with Gasteiger partial charge in [-0.05, 0) is 18.6 Å². The lowest BCUT2D eigenvalue weighted by Gasteiger charge is -2.12. The predicted molar refractivity (Wildman–Crippen MR) is 93.6 cm³/mol. The third-order valence-electron chi connectivity index (χ3n) is 3.98. The Kier molecular flexibility index (Phi) is 4.28. The Morgan fingerprint density at radius 2 is 2.12 bits per heavy atom. The van der Waals surface area contributed by atoms with Gasteiger partial charge in [-0.2, -0.15) is 0 Å². The molecule has 3 rings (SSSR count). The van der Waals surface area contributed by atoms with Crippen molar-refractivity contribution in [3.05, 3.63) is 53.1 Å². The SMILES string of the molecule is Cc1cccc(-c2cnc3c(Cl)cn(CC(=O)N(C)C)c3c2)c1F. The Balaban J connectivity index is 2.13. The van der Waals surface area contributed by atoms with Gasteiger partial charge < -0.3 is 9.47 Å². The smallest absolute Gasteiger partial charge is 0.241 e. The van der Waals surface area contributed by atoms with Gasteiger partial charge in [-0.25, -0.2) is 4.39 Å². The Morgan fingerprint density at radius 1 is 1.38 bits per heavy atom. The zero-order valence-electron chi connectivity index (χ0n) is 13.7. The van der Waals surface area contributed by atoms with Crippen LogP contribution in [0, 0.1) is 12.7 Å². The topological polar surface area (TPSA) is 38.1 Å². The van der Waals surface area contributed by atoms with E-state index < -0.39 is 0 Å². The molecule has 0 saturated heterocycles. The van der Waals surface area contributed by atoms with Crippen LogP contribution in [0.1, 0.15) is 5.56 Å². The number of amides is 1. The Hall–Kier alpha value is -2.40. The molecule has 0 atom stereocenters. The molecule has 0 aliphatic heterocycles. The lowest BCUT2D eigenvalue weighted by Crippen LogP contribution is -2.25. The number of fused-ring (bicyclic) bond motifs is 1. The largest absolute Gasteiger partial charge is 0.347 e. The highest BCUT2D eigenvalue weighted by Crippen LogP contribution is 2.30. The third kappa shape index (κ3) is 2.87. The highest BCUT2D eigenvalue weighted by atomic mass is 35.5. The van der Waals surface area contributed by atoms with Gasteiger partial charge in [0.25, 0.3) is 0 Å². The average Bonchev–Trinajstić information content (AvgIpc) is 2.85. The van der Waals surface area contributed by atoms with E-state index in [1.54, 1.807) is 56.2 Å². The number of aromatic nitrogens is 2. The maximum atomic E-state index is 14.4. The zero-order valence-corrected chi connectivity index (χ0v) is 14.4. The van der Waals surface area contributed by atoms with E-state index in [4.69, 9.17) is 11.6 Å². The first-order chi connectivity index (χ1) is 11.4. The van der Waals surface area contributed by atoms with Crippen molar-refractivity contribution in [2.45, 2.75) is 13.5 Å². The number of benzene rings is 1. The molecule has 124 valence electrons. The number of hydrogen-bond acceptors (Lipinski definition) is 2. The molecule has 0 aliphatic carbocycles. The summed E-state index contributed by atoms with van der Waals surface area (Å²) in [6.07, 6.45) is 3.28. The van der Waals surface area contributed by atoms with E-state index in [2.05, 4.69) is 4.98 Å². The fourth-order valence-electron chi connectivity index (χ4n) is 2.56. The van der Waals surface area contributed by atoms with Gasteiger partial charge in [0.1, 0.15) is 17.9 Å². The molecule has 0 unspecified atom stereocenters. The second-order valence-corrected chi connectivity index (χ2v) is 6.33. The summed E-state index contributed by atoms with van der Waals surface area (Å²) in [4.78, 5) is 17.9. The van der Waals surface area contributed by atoms with E-state index >= 15 is 0 Å². The summed E-state index contributed by atoms with van der Waals surface area (Å²) in [5, 5.41) is 0.466. The first-order valence-electron chi connectivity index (χ1n) is 7.48. The van der Waals surface area contributed by atoms with Gasteiger partial charge in [0, 0.05) is 37.6 Å². The molecule has 0 N–H and O–H groups in total. The predicted octanol–water partition coefficient (Wildman–Crippen LogP) is 3.89. The van der Waals surface area contributed by atoms with Gasteiger partial charge in [0.2, 0.25) is 5.91 Å². The molecule has 24 heavy (non-hydrogen) atoms. The van der Waals surface area contributed by atoms with Crippen LogP contribution in [0.25, 0.3) is 22.2 Å². The molecule has 1 aromatic carbocycles. The first-order valence-corrected chi connectivity index (χ1v) is 7.86. The highest BCUT2D eigenvalue weighted by Gasteiger charge is 2.15. The summed E-state index contributed by atoms with van der Waals surface area (Å²) in [7, 11) is 3.39. The van der Waals surface area contributed by atoms with Gasteiger partial charge >= 0.3 is 0 Å². The van der Waals surface area contributed by atoms with E-state index in [9.17, 15) is 9.18 Å². The molecule has 0 spiro atoms. The quantitative estimate of drug-likeness (QED) is 0.722. The van der Waals surface area contributed by atoms with Crippen LogP contribution in [0.5, 0.6) is 0 Å². The van der Waals surface area contributed by atoms with Crippen LogP contribution < -0.4 is 0 Å². The molecule has 0 fully saturated rings. The number of hydrogen-bond donors (Lipinski definition) is 0. The van der Waals surface area contributed by atoms with Crippen molar-refractivity contribution < 1.29 is 9.18 Å². The Bertz CT molecular complexity index is 933. The average molecular weight is 346 g/mol. The summed E-state index contributed by atoms with van der Waals surface area (Å²) >= 11 is 6.21. The second kappa shape index (κ2) is 6.24. The maximum absolute atomic E-state index is 14.4. The fraction of sp³-hybridized carbons (Fsp3) is 0.222. The number of carbonyl (C=O) groups is 1. The summed E-state index contributed by atoms with van der Waals surface area (Å²) < 4.78 is 16.1. The minimum atomic E-state index is -0.271. The molecule has 0 radical (unpaired) electrons. The zero-order chi connectivity index (χ0) is 17.4. The molecular weight excluding hydrogens is 329 g/mol. The van der Waals surface area contributed by atoms with Crippen molar-refractivity contribution in [2.75, 3.05) is 14.1 Å². The van der Waals surface area contributed by atoms with E-state index in [-0.39, 0.29) is 18.3 Å². The van der Waals surface area contributed by atoms with E-state index in [1.807, 2.05) is 6.07 Å². The van der Waals surface area contributed by atoms with Crippen LogP contribution in [0.4, 0.5) is 4.39 Å². The number of pyridine rings is 1. The molecule has 2 heterocycles. The van der Waals surface area contributed by atoms with Gasteiger partial charge in [-0.1, -0.05) is 29.8 Å². The van der Waals surface area contributed by atoms with Crippen LogP contribution in [-0.4, -0.2) is 34.5 Å². The van der Waals surface area contributed by atoms with Gasteiger partial charge in [0.05, 0.1) is 10.5 Å². The minimum Gasteiger partial charge on any atom is -0.347 e. The molecule has 0 bridgehead atoms. The number of rotatable bonds is 3. The third-order valence-corrected chi connectivity index (χ3v) is 4.26. The molecule has 4 nitrogen and oxygen atoms in total. The number of nitrogens with zero attached hydrogens (tertiary/aromatic N) is 3. The molecule has 2 aromatic heterocycles. The highest BCUT2D eigenvalue weighted by molar-refractivity contribution is 6.35. The van der Waals surface area contributed by atoms with Crippen LogP contribution in [0.3, 0.4) is 0 Å². The van der Waals surface area contributed by atoms with Gasteiger partial charge in [0.15, 0.2) is 0 Å². The lowest BCUT2D eigenvalue weighted by atomic mass is 10.0. The van der Waals surface area contributed by atoms with Crippen LogP contribution in [0.2, 0.25) is 5.02 Å². The number of carbonyl (C=O) groups excluding carboxylic acids is 1. The van der Waals surface area contributed by atoms with Crippen LogP contribution >= 0.6 is 11.6 Å². The van der Waals surface area contributed by atoms with Crippen molar-refractivity contribution in [2.24, 2.45) is 0 Å². The normalized spacial score (nSPS) is 11.0. The number of aryl methyl sites for hydroxylation is 1. The molecule has 1 amide bonds. The fourth-order valence-corrected chi connectivity index (χ4v) is 2.82. The van der Waals surface area contributed by atoms with E-state index in [0.717, 1.165) is 0 Å². The molecule has 6 heteroatoms. The standard InChI is InChI=1S/C18H17ClFN3O/c1-11-5-4-6-13(17(11)20)12-7-15-18(21-8-12)14(19)9-23(15)10-16(24)22(2)3/h4-9H,10H2,1-3H3. The first kappa shape index (κ1) is 16.5. The molecule has 0 saturated carbocycles. The van der Waals surface area contributed by atoms with Crippen molar-refractivity contribution in [3.8, 4) is 11.1 Å². The van der Waals surface area contributed by atoms with Crippen LogP contribution in [-0.2, 0) is 11.3 Å². The molecule has 0 aliphatic rings. The summed E-state index contributed by atoms with van der Waals surface area (Å²) in [5.74, 6) is -0.331. The van der Waals surface area contributed by atoms with Crippen molar-refractivity contribution in [3.63, 3.8) is 0 Å². The summed E-state index contributed by atoms with van der Waals surface area (Å²) in [5.41, 5.74) is 3.00. The minimum absolute atomic E-state index is 0.0595. The van der Waals surface area contributed by atoms with Crippen molar-refractivity contribution >= 4 is 28.5 Å². The maximum Gasteiger partial charge on any atom is 0.241 e. The van der Waals surface area contributed by atoms with Crippen molar-refractivity contribution in [1.82, 2.24) is 14.5 Å². The Labute approximate surface area is 144 Å². The van der Waals surface area contributed by atoms with Crippen molar-refractivity contribution in [1.29, 1.82) is 0 Å². The van der Waals surface area contributed by atoms with Crippen LogP contribution in [0.15, 0.2) is 36.7 Å². The van der Waals surface area contributed by atoms with E-state index in [0.29, 0.717) is 32.7 Å². The lowest BCUT2D eigenvalue weighted by molar-refractivity contribution is -0.129.